The third-order valence-corrected chi connectivity index (χ3v) is 2.64. The highest BCUT2D eigenvalue weighted by atomic mass is 16.5. The number of rotatable bonds is 6. The average molecular weight is 223 g/mol. The van der Waals surface area contributed by atoms with Crippen LogP contribution >= 0.6 is 0 Å². The van der Waals surface area contributed by atoms with E-state index in [9.17, 15) is 5.11 Å². The molecular formula is C13H21NO2. The first-order valence-corrected chi connectivity index (χ1v) is 5.64. The first-order chi connectivity index (χ1) is 7.66. The van der Waals surface area contributed by atoms with Gasteiger partial charge < -0.3 is 14.7 Å². The van der Waals surface area contributed by atoms with Gasteiger partial charge in [-0.3, -0.25) is 0 Å². The van der Waals surface area contributed by atoms with Gasteiger partial charge in [0.05, 0.1) is 6.10 Å². The minimum Gasteiger partial charge on any atom is -0.389 e. The lowest BCUT2D eigenvalue weighted by Crippen LogP contribution is -2.21. The van der Waals surface area contributed by atoms with Gasteiger partial charge in [0, 0.05) is 38.6 Å². The molecule has 1 atom stereocenters. The van der Waals surface area contributed by atoms with Crippen LogP contribution in [-0.2, 0) is 4.74 Å². The van der Waals surface area contributed by atoms with E-state index in [2.05, 4.69) is 4.90 Å². The van der Waals surface area contributed by atoms with Crippen LogP contribution in [0.25, 0.3) is 0 Å². The van der Waals surface area contributed by atoms with Crippen molar-refractivity contribution in [1.82, 2.24) is 0 Å². The van der Waals surface area contributed by atoms with Crippen LogP contribution in [0.15, 0.2) is 24.3 Å². The predicted molar refractivity (Wildman–Crippen MR) is 66.8 cm³/mol. The Labute approximate surface area is 97.7 Å². The Morgan fingerprint density at radius 3 is 2.69 bits per heavy atom. The van der Waals surface area contributed by atoms with E-state index in [1.54, 1.807) is 14.0 Å². The van der Waals surface area contributed by atoms with E-state index in [0.717, 1.165) is 30.8 Å². The number of methoxy groups -OCH3 is 1. The first-order valence-electron chi connectivity index (χ1n) is 5.64. The van der Waals surface area contributed by atoms with Crippen molar-refractivity contribution in [2.75, 3.05) is 32.2 Å². The molecule has 0 bridgehead atoms. The Morgan fingerprint density at radius 2 is 2.06 bits per heavy atom. The quantitative estimate of drug-likeness (QED) is 0.751. The van der Waals surface area contributed by atoms with Crippen molar-refractivity contribution in [3.05, 3.63) is 29.8 Å². The molecular weight excluding hydrogens is 202 g/mol. The number of benzene rings is 1. The predicted octanol–water partition coefficient (Wildman–Crippen LogP) is 2.21. The molecule has 0 aliphatic heterocycles. The van der Waals surface area contributed by atoms with Crippen LogP contribution in [0.2, 0.25) is 0 Å². The van der Waals surface area contributed by atoms with Crippen molar-refractivity contribution in [2.24, 2.45) is 0 Å². The number of ether oxygens (including phenoxy) is 1. The summed E-state index contributed by atoms with van der Waals surface area (Å²) in [6, 6.07) is 7.95. The Bertz CT molecular complexity index is 313. The van der Waals surface area contributed by atoms with Gasteiger partial charge >= 0.3 is 0 Å². The molecule has 0 amide bonds. The number of nitrogens with zero attached hydrogens (tertiary/aromatic N) is 1. The van der Waals surface area contributed by atoms with Gasteiger partial charge in [0.25, 0.3) is 0 Å². The van der Waals surface area contributed by atoms with Gasteiger partial charge in [0.1, 0.15) is 0 Å². The molecule has 0 unspecified atom stereocenters. The zero-order chi connectivity index (χ0) is 12.0. The summed E-state index contributed by atoms with van der Waals surface area (Å²) >= 11 is 0. The van der Waals surface area contributed by atoms with Crippen molar-refractivity contribution < 1.29 is 9.84 Å². The zero-order valence-electron chi connectivity index (χ0n) is 10.3. The third kappa shape index (κ3) is 3.51. The minimum absolute atomic E-state index is 0.430. The van der Waals surface area contributed by atoms with E-state index in [0.29, 0.717) is 0 Å². The van der Waals surface area contributed by atoms with E-state index in [1.807, 2.05) is 31.3 Å². The van der Waals surface area contributed by atoms with Gasteiger partial charge in [-0.25, -0.2) is 0 Å². The monoisotopic (exact) mass is 223 g/mol. The fraction of sp³-hybridized carbons (Fsp3) is 0.538. The summed E-state index contributed by atoms with van der Waals surface area (Å²) < 4.78 is 5.03. The topological polar surface area (TPSA) is 32.7 Å². The standard InChI is InChI=1S/C13H21NO2/c1-11(15)12-7-4-5-8-13(12)14(2)9-6-10-16-3/h4-5,7-8,11,15H,6,9-10H2,1-3H3/t11-/m0/s1. The number of anilines is 1. The molecule has 90 valence electrons. The lowest BCUT2D eigenvalue weighted by molar-refractivity contribution is 0.195. The maximum absolute atomic E-state index is 9.67. The molecule has 0 radical (unpaired) electrons. The van der Waals surface area contributed by atoms with Crippen molar-refractivity contribution in [2.45, 2.75) is 19.4 Å². The molecule has 3 nitrogen and oxygen atoms in total. The third-order valence-electron chi connectivity index (χ3n) is 2.64. The molecule has 0 fully saturated rings. The molecule has 0 aliphatic carbocycles. The minimum atomic E-state index is -0.430. The second kappa shape index (κ2) is 6.51. The van der Waals surface area contributed by atoms with E-state index < -0.39 is 6.10 Å². The molecule has 0 aliphatic rings. The Morgan fingerprint density at radius 1 is 1.38 bits per heavy atom. The van der Waals surface area contributed by atoms with Crippen LogP contribution in [0.5, 0.6) is 0 Å². The maximum Gasteiger partial charge on any atom is 0.0781 e. The van der Waals surface area contributed by atoms with Gasteiger partial charge in [-0.2, -0.15) is 0 Å². The van der Waals surface area contributed by atoms with E-state index in [4.69, 9.17) is 4.74 Å². The maximum atomic E-state index is 9.67. The highest BCUT2D eigenvalue weighted by Gasteiger charge is 2.10. The van der Waals surface area contributed by atoms with Crippen LogP contribution in [0, 0.1) is 0 Å². The zero-order valence-corrected chi connectivity index (χ0v) is 10.3. The summed E-state index contributed by atoms with van der Waals surface area (Å²) in [5.41, 5.74) is 2.07. The molecule has 1 rings (SSSR count). The lowest BCUT2D eigenvalue weighted by Gasteiger charge is -2.23. The van der Waals surface area contributed by atoms with Gasteiger partial charge in [-0.05, 0) is 19.4 Å². The normalized spacial score (nSPS) is 12.5. The number of aliphatic hydroxyl groups is 1. The summed E-state index contributed by atoms with van der Waals surface area (Å²) in [5, 5.41) is 9.67. The highest BCUT2D eigenvalue weighted by molar-refractivity contribution is 5.53. The van der Waals surface area contributed by atoms with Crippen molar-refractivity contribution >= 4 is 5.69 Å². The molecule has 3 heteroatoms. The molecule has 0 spiro atoms. The summed E-state index contributed by atoms with van der Waals surface area (Å²) in [7, 11) is 3.75. The van der Waals surface area contributed by atoms with Crippen LogP contribution in [0.1, 0.15) is 25.0 Å². The Balaban J connectivity index is 2.70. The van der Waals surface area contributed by atoms with E-state index in [-0.39, 0.29) is 0 Å². The number of aliphatic hydroxyl groups excluding tert-OH is 1. The SMILES string of the molecule is COCCCN(C)c1ccccc1[C@H](C)O. The van der Waals surface area contributed by atoms with Crippen LogP contribution in [0.3, 0.4) is 0 Å². The van der Waals surface area contributed by atoms with E-state index >= 15 is 0 Å². The fourth-order valence-corrected chi connectivity index (χ4v) is 1.75. The lowest BCUT2D eigenvalue weighted by atomic mass is 10.1. The summed E-state index contributed by atoms with van der Waals surface area (Å²) in [6.45, 7) is 3.49. The van der Waals surface area contributed by atoms with E-state index in [1.165, 1.54) is 0 Å². The van der Waals surface area contributed by atoms with Gasteiger partial charge in [0.2, 0.25) is 0 Å². The average Bonchev–Trinajstić information content (AvgIpc) is 2.29. The number of hydrogen-bond acceptors (Lipinski definition) is 3. The summed E-state index contributed by atoms with van der Waals surface area (Å²) in [5.74, 6) is 0. The van der Waals surface area contributed by atoms with Crippen LogP contribution in [0.4, 0.5) is 5.69 Å². The Hall–Kier alpha value is -1.06. The molecule has 0 aromatic heterocycles. The van der Waals surface area contributed by atoms with Crippen molar-refractivity contribution in [1.29, 1.82) is 0 Å². The van der Waals surface area contributed by atoms with Crippen molar-refractivity contribution in [3.8, 4) is 0 Å². The molecule has 0 heterocycles. The Kier molecular flexibility index (Phi) is 5.29. The first kappa shape index (κ1) is 13.0. The summed E-state index contributed by atoms with van der Waals surface area (Å²) in [6.07, 6.45) is 0.558. The number of hydrogen-bond donors (Lipinski definition) is 1. The smallest absolute Gasteiger partial charge is 0.0781 e. The second-order valence-corrected chi connectivity index (χ2v) is 4.00. The molecule has 1 N–H and O–H groups in total. The molecule has 16 heavy (non-hydrogen) atoms. The van der Waals surface area contributed by atoms with Gasteiger partial charge in [-0.1, -0.05) is 18.2 Å². The van der Waals surface area contributed by atoms with Gasteiger partial charge in [-0.15, -0.1) is 0 Å². The van der Waals surface area contributed by atoms with Crippen LogP contribution in [-0.4, -0.2) is 32.4 Å². The van der Waals surface area contributed by atoms with Crippen molar-refractivity contribution in [3.63, 3.8) is 0 Å². The largest absolute Gasteiger partial charge is 0.389 e. The highest BCUT2D eigenvalue weighted by Crippen LogP contribution is 2.25. The molecule has 1 aromatic carbocycles. The second-order valence-electron chi connectivity index (χ2n) is 4.00. The fourth-order valence-electron chi connectivity index (χ4n) is 1.75. The number of para-hydroxylation sites is 1. The molecule has 0 saturated carbocycles. The van der Waals surface area contributed by atoms with Gasteiger partial charge in [0.15, 0.2) is 0 Å². The van der Waals surface area contributed by atoms with Crippen LogP contribution < -0.4 is 4.90 Å². The molecule has 1 aromatic rings. The summed E-state index contributed by atoms with van der Waals surface area (Å²) in [4.78, 5) is 2.15. The molecule has 0 saturated heterocycles.